The number of anilines is 1. The number of hydrogen-bond acceptors (Lipinski definition) is 7. The number of nitrogens with two attached hydrogens (primary N) is 1. The monoisotopic (exact) mass is 445 g/mol. The van der Waals surface area contributed by atoms with Crippen LogP contribution in [0.3, 0.4) is 0 Å². The molecule has 2 aromatic heterocycles. The summed E-state index contributed by atoms with van der Waals surface area (Å²) in [5.41, 5.74) is 10.1. The Balaban J connectivity index is 1.61. The standard InChI is InChI=1S/C25H27N5O3/c1-30(2)25(31)17-5-3-16(4-6-17)21-15-18(7-11-28-21)23(27)22-20(26)8-12-29-24(22)33-19-9-13-32-14-10-19/h3-8,11-12,15,19,27H,9-10,13-14H2,1-2H3,(H2,26,29). The van der Waals surface area contributed by atoms with Crippen LogP contribution in [-0.2, 0) is 4.74 Å². The van der Waals surface area contributed by atoms with Crippen molar-refractivity contribution in [3.8, 4) is 17.1 Å². The number of carbonyl (C=O) groups excluding carboxylic acids is 1. The van der Waals surface area contributed by atoms with E-state index in [9.17, 15) is 4.79 Å². The Hall–Kier alpha value is -3.78. The average molecular weight is 446 g/mol. The first-order valence-corrected chi connectivity index (χ1v) is 10.8. The van der Waals surface area contributed by atoms with E-state index in [0.717, 1.165) is 18.4 Å². The molecule has 3 aromatic rings. The van der Waals surface area contributed by atoms with Gasteiger partial charge in [-0.25, -0.2) is 4.98 Å². The van der Waals surface area contributed by atoms with E-state index in [2.05, 4.69) is 9.97 Å². The molecule has 0 saturated carbocycles. The van der Waals surface area contributed by atoms with Gasteiger partial charge in [-0.05, 0) is 30.3 Å². The third kappa shape index (κ3) is 5.01. The largest absolute Gasteiger partial charge is 0.474 e. The number of ether oxygens (including phenoxy) is 2. The van der Waals surface area contributed by atoms with Gasteiger partial charge in [-0.1, -0.05) is 12.1 Å². The van der Waals surface area contributed by atoms with E-state index >= 15 is 0 Å². The van der Waals surface area contributed by atoms with E-state index in [1.54, 1.807) is 50.8 Å². The predicted molar refractivity (Wildman–Crippen MR) is 127 cm³/mol. The molecular formula is C25H27N5O3. The average Bonchev–Trinajstić information content (AvgIpc) is 2.84. The number of nitrogens with one attached hydrogen (secondary N) is 1. The SMILES string of the molecule is CN(C)C(=O)c1ccc(-c2cc(C(=N)c3c(N)ccnc3OC3CCOCC3)ccn2)cc1. The summed E-state index contributed by atoms with van der Waals surface area (Å²) in [5.74, 6) is 0.297. The molecule has 0 atom stereocenters. The topological polar surface area (TPSA) is 114 Å². The van der Waals surface area contributed by atoms with Crippen LogP contribution < -0.4 is 10.5 Å². The maximum absolute atomic E-state index is 12.1. The van der Waals surface area contributed by atoms with E-state index in [1.807, 2.05) is 18.2 Å². The third-order valence-electron chi connectivity index (χ3n) is 5.53. The van der Waals surface area contributed by atoms with Crippen LogP contribution in [0.1, 0.15) is 34.3 Å². The molecule has 0 spiro atoms. The highest BCUT2D eigenvalue weighted by Crippen LogP contribution is 2.28. The van der Waals surface area contributed by atoms with Crippen molar-refractivity contribution in [3.63, 3.8) is 0 Å². The van der Waals surface area contributed by atoms with Crippen molar-refractivity contribution in [3.05, 3.63) is 71.5 Å². The lowest BCUT2D eigenvalue weighted by molar-refractivity contribution is 0.0237. The number of hydrogen-bond donors (Lipinski definition) is 2. The van der Waals surface area contributed by atoms with E-state index in [1.165, 1.54) is 4.90 Å². The minimum atomic E-state index is -0.0610. The van der Waals surface area contributed by atoms with Crippen molar-refractivity contribution >= 4 is 17.3 Å². The van der Waals surface area contributed by atoms with Gasteiger partial charge < -0.3 is 20.1 Å². The zero-order chi connectivity index (χ0) is 23.4. The molecule has 1 aromatic carbocycles. The number of amides is 1. The van der Waals surface area contributed by atoms with Crippen LogP contribution >= 0.6 is 0 Å². The molecule has 3 heterocycles. The highest BCUT2D eigenvalue weighted by Gasteiger charge is 2.22. The summed E-state index contributed by atoms with van der Waals surface area (Å²) in [7, 11) is 3.44. The van der Waals surface area contributed by atoms with Gasteiger partial charge in [0.25, 0.3) is 5.91 Å². The molecule has 0 unspecified atom stereocenters. The molecule has 0 radical (unpaired) electrons. The maximum Gasteiger partial charge on any atom is 0.253 e. The second-order valence-electron chi connectivity index (χ2n) is 8.09. The molecule has 0 aliphatic carbocycles. The molecular weight excluding hydrogens is 418 g/mol. The second-order valence-corrected chi connectivity index (χ2v) is 8.09. The lowest BCUT2D eigenvalue weighted by Crippen LogP contribution is -2.27. The summed E-state index contributed by atoms with van der Waals surface area (Å²) in [6, 6.07) is 12.5. The smallest absolute Gasteiger partial charge is 0.253 e. The van der Waals surface area contributed by atoms with Crippen LogP contribution in [0, 0.1) is 5.41 Å². The summed E-state index contributed by atoms with van der Waals surface area (Å²) in [5, 5.41) is 8.86. The first kappa shape index (κ1) is 22.4. The maximum atomic E-state index is 12.1. The second kappa shape index (κ2) is 9.79. The first-order valence-electron chi connectivity index (χ1n) is 10.8. The minimum absolute atomic E-state index is 0.0176. The van der Waals surface area contributed by atoms with Crippen molar-refractivity contribution < 1.29 is 14.3 Å². The Morgan fingerprint density at radius 1 is 1.06 bits per heavy atom. The molecule has 1 aliphatic heterocycles. The molecule has 1 fully saturated rings. The molecule has 4 rings (SSSR count). The molecule has 1 saturated heterocycles. The molecule has 33 heavy (non-hydrogen) atoms. The van der Waals surface area contributed by atoms with E-state index < -0.39 is 0 Å². The lowest BCUT2D eigenvalue weighted by Gasteiger charge is -2.24. The van der Waals surface area contributed by atoms with Crippen molar-refractivity contribution in [2.45, 2.75) is 18.9 Å². The highest BCUT2D eigenvalue weighted by molar-refractivity contribution is 6.15. The lowest BCUT2D eigenvalue weighted by atomic mass is 10.00. The van der Waals surface area contributed by atoms with Crippen LogP contribution in [0.5, 0.6) is 5.88 Å². The minimum Gasteiger partial charge on any atom is -0.474 e. The van der Waals surface area contributed by atoms with Crippen LogP contribution in [0.4, 0.5) is 5.69 Å². The molecule has 8 heteroatoms. The van der Waals surface area contributed by atoms with Gasteiger partial charge in [-0.3, -0.25) is 15.2 Å². The van der Waals surface area contributed by atoms with E-state index in [4.69, 9.17) is 20.6 Å². The summed E-state index contributed by atoms with van der Waals surface area (Å²) in [6.45, 7) is 1.29. The number of pyridine rings is 2. The van der Waals surface area contributed by atoms with E-state index in [-0.39, 0.29) is 17.7 Å². The Labute approximate surface area is 192 Å². The summed E-state index contributed by atoms with van der Waals surface area (Å²) in [6.07, 6.45) is 4.78. The summed E-state index contributed by atoms with van der Waals surface area (Å²) < 4.78 is 11.5. The number of nitrogen functional groups attached to an aromatic ring is 1. The summed E-state index contributed by atoms with van der Waals surface area (Å²) in [4.78, 5) is 22.5. The molecule has 170 valence electrons. The highest BCUT2D eigenvalue weighted by atomic mass is 16.5. The Morgan fingerprint density at radius 2 is 1.76 bits per heavy atom. The van der Waals surface area contributed by atoms with E-state index in [0.29, 0.717) is 47.2 Å². The summed E-state index contributed by atoms with van der Waals surface area (Å²) >= 11 is 0. The van der Waals surface area contributed by atoms with Crippen molar-refractivity contribution in [1.29, 1.82) is 5.41 Å². The van der Waals surface area contributed by atoms with Gasteiger partial charge in [0, 0.05) is 61.7 Å². The van der Waals surface area contributed by atoms with Gasteiger partial charge in [0.1, 0.15) is 6.10 Å². The van der Waals surface area contributed by atoms with Gasteiger partial charge in [0.2, 0.25) is 5.88 Å². The van der Waals surface area contributed by atoms with Crippen molar-refractivity contribution in [1.82, 2.24) is 14.9 Å². The zero-order valence-corrected chi connectivity index (χ0v) is 18.7. The fourth-order valence-electron chi connectivity index (χ4n) is 3.68. The molecule has 0 bridgehead atoms. The Kier molecular flexibility index (Phi) is 6.65. The third-order valence-corrected chi connectivity index (χ3v) is 5.53. The number of benzene rings is 1. The van der Waals surface area contributed by atoms with Gasteiger partial charge in [0.05, 0.1) is 30.2 Å². The number of carbonyl (C=O) groups is 1. The first-order chi connectivity index (χ1) is 15.9. The Morgan fingerprint density at radius 3 is 2.45 bits per heavy atom. The quantitative estimate of drug-likeness (QED) is 0.562. The predicted octanol–water partition coefficient (Wildman–Crippen LogP) is 3.40. The Bertz CT molecular complexity index is 1150. The van der Waals surface area contributed by atoms with Crippen molar-refractivity contribution in [2.24, 2.45) is 0 Å². The number of nitrogens with zero attached hydrogens (tertiary/aromatic N) is 3. The fraction of sp³-hybridized carbons (Fsp3) is 0.280. The van der Waals surface area contributed by atoms with Crippen LogP contribution in [-0.4, -0.2) is 59.9 Å². The fourth-order valence-corrected chi connectivity index (χ4v) is 3.68. The van der Waals surface area contributed by atoms with Crippen molar-refractivity contribution in [2.75, 3.05) is 33.0 Å². The molecule has 1 aliphatic rings. The van der Waals surface area contributed by atoms with Gasteiger partial charge in [0.15, 0.2) is 0 Å². The van der Waals surface area contributed by atoms with Gasteiger partial charge in [-0.15, -0.1) is 0 Å². The number of aromatic nitrogens is 2. The van der Waals surface area contributed by atoms with Crippen LogP contribution in [0.25, 0.3) is 11.3 Å². The number of rotatable bonds is 6. The van der Waals surface area contributed by atoms with Gasteiger partial charge in [-0.2, -0.15) is 0 Å². The van der Waals surface area contributed by atoms with Gasteiger partial charge >= 0.3 is 0 Å². The van der Waals surface area contributed by atoms with Crippen LogP contribution in [0.15, 0.2) is 54.9 Å². The van der Waals surface area contributed by atoms with Crippen LogP contribution in [0.2, 0.25) is 0 Å². The molecule has 1 amide bonds. The zero-order valence-electron chi connectivity index (χ0n) is 18.7. The molecule has 3 N–H and O–H groups in total. The molecule has 8 nitrogen and oxygen atoms in total. The normalized spacial score (nSPS) is 14.0.